The Labute approximate surface area is 189 Å². The van der Waals surface area contributed by atoms with Gasteiger partial charge in [0.25, 0.3) is 5.56 Å². The average molecular weight is 497 g/mol. The highest BCUT2D eigenvalue weighted by Crippen LogP contribution is 2.36. The molecule has 0 aliphatic heterocycles. The van der Waals surface area contributed by atoms with Crippen LogP contribution in [0.2, 0.25) is 0 Å². The highest BCUT2D eigenvalue weighted by Gasteiger charge is 2.23. The smallest absolute Gasteiger partial charge is 0.263 e. The molecular weight excluding hydrogens is 480 g/mol. The van der Waals surface area contributed by atoms with Gasteiger partial charge in [-0.05, 0) is 31.5 Å². The molecule has 1 N–H and O–H groups in total. The van der Waals surface area contributed by atoms with Gasteiger partial charge in [-0.2, -0.15) is 10.4 Å². The predicted molar refractivity (Wildman–Crippen MR) is 123 cm³/mol. The van der Waals surface area contributed by atoms with E-state index in [9.17, 15) is 14.9 Å². The second-order valence-electron chi connectivity index (χ2n) is 6.98. The number of nitriles is 1. The van der Waals surface area contributed by atoms with E-state index in [1.807, 2.05) is 37.3 Å². The summed E-state index contributed by atoms with van der Waals surface area (Å²) in [5.41, 5.74) is 1.69. The highest BCUT2D eigenvalue weighted by atomic mass is 79.9. The fraction of sp³-hybridized carbons (Fsp3) is 0.190. The number of anilines is 1. The third kappa shape index (κ3) is 3.66. The largest absolute Gasteiger partial charge is 0.308 e. The zero-order valence-electron chi connectivity index (χ0n) is 16.9. The van der Waals surface area contributed by atoms with Gasteiger partial charge in [0.2, 0.25) is 5.91 Å². The molecule has 0 bridgehead atoms. The van der Waals surface area contributed by atoms with Crippen LogP contribution in [0.5, 0.6) is 0 Å². The van der Waals surface area contributed by atoms with E-state index in [0.717, 1.165) is 20.5 Å². The van der Waals surface area contributed by atoms with Crippen LogP contribution in [-0.2, 0) is 11.8 Å². The number of carbonyl (C=O) groups is 1. The lowest BCUT2D eigenvalue weighted by Gasteiger charge is -2.15. The second-order valence-corrected chi connectivity index (χ2v) is 9.10. The van der Waals surface area contributed by atoms with Gasteiger partial charge in [-0.25, -0.2) is 4.98 Å². The number of amides is 1. The Morgan fingerprint density at radius 1 is 1.32 bits per heavy atom. The fourth-order valence-electron chi connectivity index (χ4n) is 3.37. The molecule has 0 saturated carbocycles. The molecule has 0 saturated heterocycles. The van der Waals surface area contributed by atoms with E-state index in [-0.39, 0.29) is 16.9 Å². The Kier molecular flexibility index (Phi) is 5.47. The summed E-state index contributed by atoms with van der Waals surface area (Å²) in [5.74, 6) is -0.163. The van der Waals surface area contributed by atoms with Crippen LogP contribution in [0.25, 0.3) is 21.3 Å². The molecular formula is C21H17BrN6O2S. The number of aryl methyl sites for hydroxylation is 2. The van der Waals surface area contributed by atoms with Gasteiger partial charge in [0, 0.05) is 22.0 Å². The lowest BCUT2D eigenvalue weighted by Crippen LogP contribution is -2.32. The first-order chi connectivity index (χ1) is 14.8. The van der Waals surface area contributed by atoms with Crippen molar-refractivity contribution in [2.24, 2.45) is 7.05 Å². The Bertz CT molecular complexity index is 1410. The normalized spacial score (nSPS) is 12.0. The Morgan fingerprint density at radius 3 is 2.71 bits per heavy atom. The van der Waals surface area contributed by atoms with Gasteiger partial charge >= 0.3 is 0 Å². The molecule has 0 aliphatic rings. The number of halogens is 1. The summed E-state index contributed by atoms with van der Waals surface area (Å²) < 4.78 is 3.66. The first kappa shape index (κ1) is 21.0. The maximum atomic E-state index is 13.4. The van der Waals surface area contributed by atoms with Gasteiger partial charge in [-0.3, -0.25) is 18.8 Å². The van der Waals surface area contributed by atoms with Crippen LogP contribution >= 0.6 is 27.3 Å². The topological polar surface area (TPSA) is 106 Å². The molecule has 0 aliphatic carbocycles. The van der Waals surface area contributed by atoms with Gasteiger partial charge in [-0.1, -0.05) is 28.1 Å². The lowest BCUT2D eigenvalue weighted by molar-refractivity contribution is -0.118. The van der Waals surface area contributed by atoms with Crippen LogP contribution in [-0.4, -0.2) is 25.2 Å². The van der Waals surface area contributed by atoms with E-state index in [4.69, 9.17) is 0 Å². The number of aromatic nitrogens is 4. The number of hydrogen-bond acceptors (Lipinski definition) is 6. The van der Waals surface area contributed by atoms with Crippen LogP contribution in [0.4, 0.5) is 5.82 Å². The number of benzene rings is 1. The van der Waals surface area contributed by atoms with Crippen LogP contribution < -0.4 is 10.9 Å². The van der Waals surface area contributed by atoms with Crippen molar-refractivity contribution in [3.05, 3.63) is 62.1 Å². The average Bonchev–Trinajstić information content (AvgIpc) is 3.28. The standard InChI is InChI=1S/C21H17BrN6O2S/c1-11(19(29)26-18-14(8-23)9-25-27(18)3)28-10-24-20-17(21(28)30)16(12(2)31-20)13-4-6-15(22)7-5-13/h4-7,9-11H,1-3H3,(H,26,29). The first-order valence-corrected chi connectivity index (χ1v) is 10.9. The maximum Gasteiger partial charge on any atom is 0.263 e. The summed E-state index contributed by atoms with van der Waals surface area (Å²) in [5, 5.41) is 16.4. The van der Waals surface area contributed by atoms with Gasteiger partial charge in [-0.15, -0.1) is 11.3 Å². The van der Waals surface area contributed by atoms with Crippen LogP contribution in [0.15, 0.2) is 46.1 Å². The Balaban J connectivity index is 1.77. The molecule has 4 aromatic rings. The fourth-order valence-corrected chi connectivity index (χ4v) is 4.64. The number of thiophene rings is 1. The molecule has 0 fully saturated rings. The monoisotopic (exact) mass is 496 g/mol. The Morgan fingerprint density at radius 2 is 2.03 bits per heavy atom. The molecule has 3 aromatic heterocycles. The van der Waals surface area contributed by atoms with Crippen molar-refractivity contribution < 1.29 is 4.79 Å². The van der Waals surface area contributed by atoms with Gasteiger partial charge in [0.05, 0.1) is 17.9 Å². The zero-order valence-corrected chi connectivity index (χ0v) is 19.3. The molecule has 1 atom stereocenters. The third-order valence-electron chi connectivity index (χ3n) is 5.04. The summed E-state index contributed by atoms with van der Waals surface area (Å²) >= 11 is 4.88. The molecule has 1 unspecified atom stereocenters. The first-order valence-electron chi connectivity index (χ1n) is 9.31. The quantitative estimate of drug-likeness (QED) is 0.459. The van der Waals surface area contributed by atoms with E-state index in [1.165, 1.54) is 33.1 Å². The predicted octanol–water partition coefficient (Wildman–Crippen LogP) is 4.00. The molecule has 8 nitrogen and oxygen atoms in total. The van der Waals surface area contributed by atoms with Gasteiger partial charge in [0.15, 0.2) is 0 Å². The molecule has 3 heterocycles. The van der Waals surface area contributed by atoms with E-state index >= 15 is 0 Å². The molecule has 1 amide bonds. The van der Waals surface area contributed by atoms with Crippen LogP contribution in [0.3, 0.4) is 0 Å². The SMILES string of the molecule is Cc1sc2ncn(C(C)C(=O)Nc3c(C#N)cnn3C)c(=O)c2c1-c1ccc(Br)cc1. The summed E-state index contributed by atoms with van der Waals surface area (Å²) in [4.78, 5) is 32.3. The number of nitrogens with one attached hydrogen (secondary N) is 1. The van der Waals surface area contributed by atoms with Crippen molar-refractivity contribution >= 4 is 49.2 Å². The molecule has 0 spiro atoms. The zero-order chi connectivity index (χ0) is 22.3. The Hall–Kier alpha value is -3.29. The minimum absolute atomic E-state index is 0.245. The van der Waals surface area contributed by atoms with Gasteiger partial charge in [0.1, 0.15) is 28.3 Å². The molecule has 10 heteroatoms. The number of carbonyl (C=O) groups excluding carboxylic acids is 1. The summed E-state index contributed by atoms with van der Waals surface area (Å²) in [7, 11) is 1.62. The van der Waals surface area contributed by atoms with Gasteiger partial charge < -0.3 is 5.32 Å². The second kappa shape index (κ2) is 8.09. The molecule has 4 rings (SSSR count). The molecule has 156 valence electrons. The highest BCUT2D eigenvalue weighted by molar-refractivity contribution is 9.10. The van der Waals surface area contributed by atoms with Crippen LogP contribution in [0.1, 0.15) is 23.4 Å². The van der Waals surface area contributed by atoms with Crippen molar-refractivity contribution in [3.63, 3.8) is 0 Å². The minimum atomic E-state index is -0.844. The third-order valence-corrected chi connectivity index (χ3v) is 6.59. The van der Waals surface area contributed by atoms with E-state index < -0.39 is 11.9 Å². The van der Waals surface area contributed by atoms with Crippen molar-refractivity contribution in [2.45, 2.75) is 19.9 Å². The van der Waals surface area contributed by atoms with E-state index in [0.29, 0.717) is 10.2 Å². The number of fused-ring (bicyclic) bond motifs is 1. The molecule has 1 aromatic carbocycles. The molecule has 31 heavy (non-hydrogen) atoms. The van der Waals surface area contributed by atoms with Crippen molar-refractivity contribution in [2.75, 3.05) is 5.32 Å². The van der Waals surface area contributed by atoms with E-state index in [2.05, 4.69) is 31.3 Å². The maximum absolute atomic E-state index is 13.4. The van der Waals surface area contributed by atoms with Crippen molar-refractivity contribution in [3.8, 4) is 17.2 Å². The molecule has 0 radical (unpaired) electrons. The minimum Gasteiger partial charge on any atom is -0.308 e. The lowest BCUT2D eigenvalue weighted by atomic mass is 10.0. The summed E-state index contributed by atoms with van der Waals surface area (Å²) in [6.07, 6.45) is 2.77. The number of nitrogens with zero attached hydrogens (tertiary/aromatic N) is 5. The van der Waals surface area contributed by atoms with Crippen molar-refractivity contribution in [1.82, 2.24) is 19.3 Å². The summed E-state index contributed by atoms with van der Waals surface area (Å²) in [6, 6.07) is 8.87. The number of rotatable bonds is 4. The summed E-state index contributed by atoms with van der Waals surface area (Å²) in [6.45, 7) is 3.57. The van der Waals surface area contributed by atoms with Crippen LogP contribution in [0, 0.1) is 18.3 Å². The number of hydrogen-bond donors (Lipinski definition) is 1. The van der Waals surface area contributed by atoms with Crippen molar-refractivity contribution in [1.29, 1.82) is 5.26 Å². The van der Waals surface area contributed by atoms with E-state index in [1.54, 1.807) is 14.0 Å².